The largest absolute Gasteiger partial charge is 0.365 e. The second-order valence-corrected chi connectivity index (χ2v) is 7.58. The van der Waals surface area contributed by atoms with Crippen LogP contribution < -0.4 is 4.90 Å². The van der Waals surface area contributed by atoms with E-state index in [0.29, 0.717) is 12.6 Å². The van der Waals surface area contributed by atoms with Crippen LogP contribution in [0.4, 0.5) is 5.69 Å². The van der Waals surface area contributed by atoms with Gasteiger partial charge in [-0.25, -0.2) is 0 Å². The summed E-state index contributed by atoms with van der Waals surface area (Å²) >= 11 is 0. The van der Waals surface area contributed by atoms with Crippen molar-refractivity contribution < 1.29 is 4.79 Å². The highest BCUT2D eigenvalue weighted by atomic mass is 16.2. The Balaban J connectivity index is 1.99. The van der Waals surface area contributed by atoms with E-state index in [1.165, 1.54) is 12.0 Å². The smallest absolute Gasteiger partial charge is 0.242 e. The van der Waals surface area contributed by atoms with E-state index >= 15 is 0 Å². The molecule has 1 aromatic rings. The van der Waals surface area contributed by atoms with Crippen molar-refractivity contribution in [3.05, 3.63) is 29.8 Å². The third-order valence-electron chi connectivity index (χ3n) is 4.67. The molecule has 0 aliphatic carbocycles. The van der Waals surface area contributed by atoms with Gasteiger partial charge in [0, 0.05) is 25.3 Å². The standard InChI is InChI=1S/C19H30N2O/c1-15-8-6-7-13-21(15)18(22)14-20(5)17-11-9-16(10-12-17)19(2,3)4/h9-12,15H,6-8,13-14H2,1-5H3. The lowest BCUT2D eigenvalue weighted by atomic mass is 9.87. The minimum absolute atomic E-state index is 0.163. The van der Waals surface area contributed by atoms with Crippen LogP contribution in [0.2, 0.25) is 0 Å². The lowest BCUT2D eigenvalue weighted by molar-refractivity contribution is -0.132. The minimum atomic E-state index is 0.163. The summed E-state index contributed by atoms with van der Waals surface area (Å²) < 4.78 is 0. The molecule has 0 bridgehead atoms. The van der Waals surface area contributed by atoms with Gasteiger partial charge in [0.2, 0.25) is 5.91 Å². The average Bonchev–Trinajstić information content (AvgIpc) is 2.46. The Kier molecular flexibility index (Phi) is 5.15. The van der Waals surface area contributed by atoms with Gasteiger partial charge < -0.3 is 9.80 Å². The zero-order valence-electron chi connectivity index (χ0n) is 14.7. The molecular weight excluding hydrogens is 272 g/mol. The van der Waals surface area contributed by atoms with E-state index in [1.54, 1.807) is 0 Å². The van der Waals surface area contributed by atoms with Crippen LogP contribution in [-0.4, -0.2) is 37.0 Å². The molecule has 1 unspecified atom stereocenters. The number of hydrogen-bond donors (Lipinski definition) is 0. The number of likely N-dealkylation sites (N-methyl/N-ethyl adjacent to an activating group) is 1. The maximum atomic E-state index is 12.5. The first kappa shape index (κ1) is 16.9. The van der Waals surface area contributed by atoms with Crippen molar-refractivity contribution >= 4 is 11.6 Å². The van der Waals surface area contributed by atoms with E-state index < -0.39 is 0 Å². The van der Waals surface area contributed by atoms with Crippen LogP contribution in [-0.2, 0) is 10.2 Å². The molecule has 1 heterocycles. The van der Waals surface area contributed by atoms with Crippen LogP contribution in [0.25, 0.3) is 0 Å². The predicted molar refractivity (Wildman–Crippen MR) is 93.4 cm³/mol. The first-order valence-electron chi connectivity index (χ1n) is 8.40. The average molecular weight is 302 g/mol. The molecule has 1 amide bonds. The van der Waals surface area contributed by atoms with Crippen molar-refractivity contribution in [1.29, 1.82) is 0 Å². The molecule has 3 heteroatoms. The van der Waals surface area contributed by atoms with E-state index in [1.807, 2.05) is 11.9 Å². The molecule has 0 radical (unpaired) electrons. The molecule has 1 aromatic carbocycles. The number of benzene rings is 1. The number of piperidine rings is 1. The molecule has 1 fully saturated rings. The van der Waals surface area contributed by atoms with Crippen LogP contribution >= 0.6 is 0 Å². The zero-order chi connectivity index (χ0) is 16.3. The second-order valence-electron chi connectivity index (χ2n) is 7.58. The number of anilines is 1. The van der Waals surface area contributed by atoms with Gasteiger partial charge >= 0.3 is 0 Å². The molecule has 1 atom stereocenters. The van der Waals surface area contributed by atoms with Crippen molar-refractivity contribution in [2.45, 2.75) is 58.4 Å². The Hall–Kier alpha value is -1.51. The van der Waals surface area contributed by atoms with Crippen LogP contribution in [0.5, 0.6) is 0 Å². The summed E-state index contributed by atoms with van der Waals surface area (Å²) in [5.74, 6) is 0.245. The molecule has 0 aromatic heterocycles. The van der Waals surface area contributed by atoms with Crippen molar-refractivity contribution in [1.82, 2.24) is 4.90 Å². The van der Waals surface area contributed by atoms with Crippen molar-refractivity contribution in [3.63, 3.8) is 0 Å². The summed E-state index contributed by atoms with van der Waals surface area (Å²) in [5, 5.41) is 0. The maximum absolute atomic E-state index is 12.5. The van der Waals surface area contributed by atoms with Gasteiger partial charge in [0.1, 0.15) is 0 Å². The number of carbonyl (C=O) groups is 1. The van der Waals surface area contributed by atoms with Gasteiger partial charge in [-0.3, -0.25) is 4.79 Å². The third-order valence-corrected chi connectivity index (χ3v) is 4.67. The van der Waals surface area contributed by atoms with Gasteiger partial charge in [-0.2, -0.15) is 0 Å². The highest BCUT2D eigenvalue weighted by Crippen LogP contribution is 2.25. The summed E-state index contributed by atoms with van der Waals surface area (Å²) in [6.07, 6.45) is 3.52. The van der Waals surface area contributed by atoms with Gasteiger partial charge in [-0.05, 0) is 49.3 Å². The van der Waals surface area contributed by atoms with Gasteiger partial charge in [0.25, 0.3) is 0 Å². The van der Waals surface area contributed by atoms with Crippen molar-refractivity contribution in [2.75, 3.05) is 25.0 Å². The number of amides is 1. The topological polar surface area (TPSA) is 23.6 Å². The molecule has 122 valence electrons. The quantitative estimate of drug-likeness (QED) is 0.847. The zero-order valence-corrected chi connectivity index (χ0v) is 14.7. The van der Waals surface area contributed by atoms with Gasteiger partial charge in [-0.15, -0.1) is 0 Å². The van der Waals surface area contributed by atoms with Gasteiger partial charge in [0.15, 0.2) is 0 Å². The lowest BCUT2D eigenvalue weighted by Crippen LogP contribution is -2.46. The van der Waals surface area contributed by atoms with E-state index in [-0.39, 0.29) is 11.3 Å². The molecule has 0 saturated carbocycles. The Labute approximate surface area is 135 Å². The number of likely N-dealkylation sites (tertiary alicyclic amines) is 1. The molecule has 1 aliphatic heterocycles. The Bertz CT molecular complexity index is 501. The number of rotatable bonds is 3. The Morgan fingerprint density at radius 3 is 2.41 bits per heavy atom. The van der Waals surface area contributed by atoms with E-state index in [4.69, 9.17) is 0 Å². The molecule has 1 aliphatic rings. The van der Waals surface area contributed by atoms with Gasteiger partial charge in [0.05, 0.1) is 6.54 Å². The molecule has 1 saturated heterocycles. The summed E-state index contributed by atoms with van der Waals surface area (Å²) in [4.78, 5) is 16.6. The second kappa shape index (κ2) is 6.72. The number of carbonyl (C=O) groups excluding carboxylic acids is 1. The van der Waals surface area contributed by atoms with Crippen molar-refractivity contribution in [3.8, 4) is 0 Å². The summed E-state index contributed by atoms with van der Waals surface area (Å²) in [6, 6.07) is 8.96. The van der Waals surface area contributed by atoms with Crippen LogP contribution in [0, 0.1) is 0 Å². The SMILES string of the molecule is CC1CCCCN1C(=O)CN(C)c1ccc(C(C)(C)C)cc1. The summed E-state index contributed by atoms with van der Waals surface area (Å²) in [5.41, 5.74) is 2.59. The fourth-order valence-electron chi connectivity index (χ4n) is 3.07. The minimum Gasteiger partial charge on any atom is -0.365 e. The highest BCUT2D eigenvalue weighted by Gasteiger charge is 2.24. The molecular formula is C19H30N2O. The fourth-order valence-corrected chi connectivity index (χ4v) is 3.07. The predicted octanol–water partition coefficient (Wildman–Crippen LogP) is 3.82. The lowest BCUT2D eigenvalue weighted by Gasteiger charge is -2.35. The Morgan fingerprint density at radius 2 is 1.86 bits per heavy atom. The number of hydrogen-bond acceptors (Lipinski definition) is 2. The maximum Gasteiger partial charge on any atom is 0.242 e. The Morgan fingerprint density at radius 1 is 1.23 bits per heavy atom. The first-order chi connectivity index (χ1) is 10.3. The van der Waals surface area contributed by atoms with Crippen LogP contribution in [0.3, 0.4) is 0 Å². The molecule has 22 heavy (non-hydrogen) atoms. The summed E-state index contributed by atoms with van der Waals surface area (Å²) in [7, 11) is 2.00. The number of nitrogens with zero attached hydrogens (tertiary/aromatic N) is 2. The monoisotopic (exact) mass is 302 g/mol. The highest BCUT2D eigenvalue weighted by molar-refractivity contribution is 5.81. The van der Waals surface area contributed by atoms with E-state index in [0.717, 1.165) is 25.1 Å². The molecule has 0 spiro atoms. The van der Waals surface area contributed by atoms with E-state index in [9.17, 15) is 4.79 Å². The molecule has 0 N–H and O–H groups in total. The van der Waals surface area contributed by atoms with Crippen LogP contribution in [0.1, 0.15) is 52.5 Å². The fraction of sp³-hybridized carbons (Fsp3) is 0.632. The third kappa shape index (κ3) is 4.02. The normalized spacial score (nSPS) is 19.1. The van der Waals surface area contributed by atoms with Crippen molar-refractivity contribution in [2.24, 2.45) is 0 Å². The molecule has 2 rings (SSSR count). The van der Waals surface area contributed by atoms with Crippen LogP contribution in [0.15, 0.2) is 24.3 Å². The van der Waals surface area contributed by atoms with E-state index in [2.05, 4.69) is 56.9 Å². The summed E-state index contributed by atoms with van der Waals surface area (Å²) in [6.45, 7) is 10.2. The first-order valence-corrected chi connectivity index (χ1v) is 8.40. The van der Waals surface area contributed by atoms with Gasteiger partial charge in [-0.1, -0.05) is 32.9 Å². The molecule has 3 nitrogen and oxygen atoms in total.